The third kappa shape index (κ3) is 3.14. The van der Waals surface area contributed by atoms with Gasteiger partial charge in [-0.1, -0.05) is 6.92 Å². The first-order chi connectivity index (χ1) is 9.11. The summed E-state index contributed by atoms with van der Waals surface area (Å²) in [5.41, 5.74) is 6.87. The summed E-state index contributed by atoms with van der Waals surface area (Å²) in [6, 6.07) is 4.98. The number of carbonyl (C=O) groups excluding carboxylic acids is 1. The number of benzene rings is 1. The standard InChI is InChI=1S/C13H15BrN4O/c1-2-11(12-16-5-6-17-12)18-13(19)8-3-4-10(15)9(14)7-8/h3-7,11H,2,15H2,1H3,(H,16,17)(H,18,19). The van der Waals surface area contributed by atoms with Crippen molar-refractivity contribution in [1.82, 2.24) is 15.3 Å². The van der Waals surface area contributed by atoms with E-state index in [1.807, 2.05) is 6.92 Å². The Labute approximate surface area is 119 Å². The van der Waals surface area contributed by atoms with Gasteiger partial charge in [0.1, 0.15) is 5.82 Å². The van der Waals surface area contributed by atoms with Crippen LogP contribution in [0.1, 0.15) is 35.6 Å². The summed E-state index contributed by atoms with van der Waals surface area (Å²) in [4.78, 5) is 19.3. The van der Waals surface area contributed by atoms with Gasteiger partial charge in [-0.05, 0) is 40.5 Å². The minimum Gasteiger partial charge on any atom is -0.398 e. The normalized spacial score (nSPS) is 12.1. The molecule has 0 saturated carbocycles. The van der Waals surface area contributed by atoms with Gasteiger partial charge in [-0.15, -0.1) is 0 Å². The lowest BCUT2D eigenvalue weighted by Crippen LogP contribution is -2.28. The van der Waals surface area contributed by atoms with Crippen LogP contribution in [0.2, 0.25) is 0 Å². The van der Waals surface area contributed by atoms with Gasteiger partial charge in [0.25, 0.3) is 5.91 Å². The van der Waals surface area contributed by atoms with E-state index in [2.05, 4.69) is 31.2 Å². The van der Waals surface area contributed by atoms with Crippen molar-refractivity contribution in [3.63, 3.8) is 0 Å². The Kier molecular flexibility index (Phi) is 4.21. The summed E-state index contributed by atoms with van der Waals surface area (Å²) >= 11 is 3.31. The van der Waals surface area contributed by atoms with E-state index in [1.54, 1.807) is 30.6 Å². The first kappa shape index (κ1) is 13.6. The SMILES string of the molecule is CCC(NC(=O)c1ccc(N)c(Br)c1)c1ncc[nH]1. The quantitative estimate of drug-likeness (QED) is 0.756. The van der Waals surface area contributed by atoms with Crippen LogP contribution < -0.4 is 11.1 Å². The lowest BCUT2D eigenvalue weighted by molar-refractivity contribution is 0.0934. The molecule has 0 fully saturated rings. The van der Waals surface area contributed by atoms with Gasteiger partial charge in [-0.25, -0.2) is 4.98 Å². The van der Waals surface area contributed by atoms with Gasteiger partial charge >= 0.3 is 0 Å². The van der Waals surface area contributed by atoms with E-state index in [1.165, 1.54) is 0 Å². The van der Waals surface area contributed by atoms with Crippen molar-refractivity contribution in [2.45, 2.75) is 19.4 Å². The molecular weight excluding hydrogens is 308 g/mol. The number of imidazole rings is 1. The zero-order valence-corrected chi connectivity index (χ0v) is 12.1. The van der Waals surface area contributed by atoms with Crippen LogP contribution in [-0.4, -0.2) is 15.9 Å². The second-order valence-electron chi connectivity index (χ2n) is 4.15. The Bertz CT molecular complexity index is 568. The summed E-state index contributed by atoms with van der Waals surface area (Å²) in [7, 11) is 0. The zero-order valence-electron chi connectivity index (χ0n) is 10.5. The summed E-state index contributed by atoms with van der Waals surface area (Å²) in [5.74, 6) is 0.606. The lowest BCUT2D eigenvalue weighted by Gasteiger charge is -2.15. The molecule has 1 amide bonds. The number of nitrogens with zero attached hydrogens (tertiary/aromatic N) is 1. The summed E-state index contributed by atoms with van der Waals surface area (Å²) in [6.45, 7) is 1.99. The number of nitrogens with two attached hydrogens (primary N) is 1. The number of nitrogen functional groups attached to an aromatic ring is 1. The van der Waals surface area contributed by atoms with Crippen LogP contribution in [0.4, 0.5) is 5.69 Å². The Hall–Kier alpha value is -1.82. The number of carbonyl (C=O) groups is 1. The molecule has 0 saturated heterocycles. The Morgan fingerprint density at radius 3 is 2.95 bits per heavy atom. The molecule has 2 rings (SSSR count). The van der Waals surface area contributed by atoms with Crippen LogP contribution in [0.15, 0.2) is 35.1 Å². The molecule has 0 bridgehead atoms. The molecule has 2 aromatic rings. The van der Waals surface area contributed by atoms with Gasteiger partial charge in [-0.3, -0.25) is 4.79 Å². The predicted molar refractivity (Wildman–Crippen MR) is 77.6 cm³/mol. The fourth-order valence-electron chi connectivity index (χ4n) is 1.74. The summed E-state index contributed by atoms with van der Waals surface area (Å²) in [5, 5.41) is 2.94. The third-order valence-corrected chi connectivity index (χ3v) is 3.51. The van der Waals surface area contributed by atoms with E-state index >= 15 is 0 Å². The van der Waals surface area contributed by atoms with E-state index in [4.69, 9.17) is 5.73 Å². The first-order valence-corrected chi connectivity index (χ1v) is 6.76. The van der Waals surface area contributed by atoms with Crippen molar-refractivity contribution in [2.24, 2.45) is 0 Å². The lowest BCUT2D eigenvalue weighted by atomic mass is 10.1. The molecule has 1 unspecified atom stereocenters. The molecule has 5 nitrogen and oxygen atoms in total. The van der Waals surface area contributed by atoms with E-state index in [0.717, 1.165) is 12.2 Å². The van der Waals surface area contributed by atoms with Crippen LogP contribution in [0.5, 0.6) is 0 Å². The minimum absolute atomic E-state index is 0.126. The van der Waals surface area contributed by atoms with Gasteiger partial charge in [-0.2, -0.15) is 0 Å². The topological polar surface area (TPSA) is 83.8 Å². The van der Waals surface area contributed by atoms with Crippen molar-refractivity contribution in [1.29, 1.82) is 0 Å². The third-order valence-electron chi connectivity index (χ3n) is 2.83. The number of anilines is 1. The predicted octanol–water partition coefficient (Wildman–Crippen LogP) is 2.64. The number of aromatic amines is 1. The average molecular weight is 323 g/mol. The zero-order chi connectivity index (χ0) is 13.8. The van der Waals surface area contributed by atoms with Crippen LogP contribution in [0.3, 0.4) is 0 Å². The maximum absolute atomic E-state index is 12.2. The molecule has 0 aliphatic heterocycles. The maximum Gasteiger partial charge on any atom is 0.251 e. The van der Waals surface area contributed by atoms with Gasteiger partial charge in [0.2, 0.25) is 0 Å². The summed E-state index contributed by atoms with van der Waals surface area (Å²) < 4.78 is 0.714. The van der Waals surface area contributed by atoms with Gasteiger partial charge < -0.3 is 16.0 Å². The average Bonchev–Trinajstić information content (AvgIpc) is 2.92. The van der Waals surface area contributed by atoms with Crippen molar-refractivity contribution in [3.05, 3.63) is 46.5 Å². The van der Waals surface area contributed by atoms with Crippen molar-refractivity contribution < 1.29 is 4.79 Å². The number of halogens is 1. The van der Waals surface area contributed by atoms with Crippen molar-refractivity contribution in [2.75, 3.05) is 5.73 Å². The van der Waals surface area contributed by atoms with E-state index < -0.39 is 0 Å². The Morgan fingerprint density at radius 1 is 1.58 bits per heavy atom. The van der Waals surface area contributed by atoms with E-state index in [0.29, 0.717) is 15.7 Å². The Morgan fingerprint density at radius 2 is 2.37 bits per heavy atom. The highest BCUT2D eigenvalue weighted by atomic mass is 79.9. The first-order valence-electron chi connectivity index (χ1n) is 5.97. The molecule has 19 heavy (non-hydrogen) atoms. The number of nitrogens with one attached hydrogen (secondary N) is 2. The van der Waals surface area contributed by atoms with Gasteiger partial charge in [0.05, 0.1) is 6.04 Å². The smallest absolute Gasteiger partial charge is 0.251 e. The maximum atomic E-state index is 12.2. The number of rotatable bonds is 4. The molecule has 4 N–H and O–H groups in total. The molecule has 0 radical (unpaired) electrons. The highest BCUT2D eigenvalue weighted by molar-refractivity contribution is 9.10. The van der Waals surface area contributed by atoms with E-state index in [9.17, 15) is 4.79 Å². The molecule has 1 atom stereocenters. The van der Waals surface area contributed by atoms with E-state index in [-0.39, 0.29) is 11.9 Å². The molecule has 100 valence electrons. The monoisotopic (exact) mass is 322 g/mol. The van der Waals surface area contributed by atoms with Crippen molar-refractivity contribution in [3.8, 4) is 0 Å². The number of amides is 1. The fourth-order valence-corrected chi connectivity index (χ4v) is 2.12. The highest BCUT2D eigenvalue weighted by Gasteiger charge is 2.16. The molecule has 6 heteroatoms. The van der Waals surface area contributed by atoms with Gasteiger partial charge in [0, 0.05) is 28.1 Å². The molecule has 0 spiro atoms. The molecular formula is C13H15BrN4O. The second-order valence-corrected chi connectivity index (χ2v) is 5.00. The number of aromatic nitrogens is 2. The summed E-state index contributed by atoms with van der Waals surface area (Å²) in [6.07, 6.45) is 4.17. The number of hydrogen-bond donors (Lipinski definition) is 3. The fraction of sp³-hybridized carbons (Fsp3) is 0.231. The molecule has 0 aliphatic carbocycles. The molecule has 1 aromatic carbocycles. The van der Waals surface area contributed by atoms with Crippen LogP contribution in [-0.2, 0) is 0 Å². The molecule has 1 heterocycles. The Balaban J connectivity index is 2.13. The van der Waals surface area contributed by atoms with Crippen LogP contribution >= 0.6 is 15.9 Å². The van der Waals surface area contributed by atoms with Crippen LogP contribution in [0, 0.1) is 0 Å². The second kappa shape index (κ2) is 5.88. The molecule has 1 aromatic heterocycles. The molecule has 0 aliphatic rings. The largest absolute Gasteiger partial charge is 0.398 e. The van der Waals surface area contributed by atoms with Gasteiger partial charge in [0.15, 0.2) is 0 Å². The van der Waals surface area contributed by atoms with Crippen molar-refractivity contribution >= 4 is 27.5 Å². The number of hydrogen-bond acceptors (Lipinski definition) is 3. The number of H-pyrrole nitrogens is 1. The highest BCUT2D eigenvalue weighted by Crippen LogP contribution is 2.21. The minimum atomic E-state index is -0.149. The van der Waals surface area contributed by atoms with Crippen LogP contribution in [0.25, 0.3) is 0 Å².